The van der Waals surface area contributed by atoms with E-state index in [1.54, 1.807) is 0 Å². The third kappa shape index (κ3) is 4.10. The predicted molar refractivity (Wildman–Crippen MR) is 72.8 cm³/mol. The van der Waals surface area contributed by atoms with Crippen LogP contribution in [0.1, 0.15) is 0 Å². The summed E-state index contributed by atoms with van der Waals surface area (Å²) in [6, 6.07) is 5.74. The summed E-state index contributed by atoms with van der Waals surface area (Å²) < 4.78 is 179. The summed E-state index contributed by atoms with van der Waals surface area (Å²) in [6.45, 7) is 0. The van der Waals surface area contributed by atoms with E-state index in [-0.39, 0.29) is 10.3 Å². The second-order valence-electron chi connectivity index (χ2n) is 5.33. The van der Waals surface area contributed by atoms with Crippen LogP contribution in [0.15, 0.2) is 46.7 Å². The largest absolute Gasteiger partial charge is 0.460 e. The highest BCUT2D eigenvalue weighted by Crippen LogP contribution is 2.60. The fourth-order valence-electron chi connectivity index (χ4n) is 1.67. The lowest BCUT2D eigenvalue weighted by atomic mass is 9.94. The molecule has 0 saturated carbocycles. The summed E-state index contributed by atoms with van der Waals surface area (Å²) in [5, 5.41) is -0.334. The Bertz CT molecular complexity index is 767. The summed E-state index contributed by atoms with van der Waals surface area (Å²) in [6.07, 6.45) is -8.71. The number of alkyl halides is 13. The van der Waals surface area contributed by atoms with Gasteiger partial charge in [0.1, 0.15) is 0 Å². The molecule has 1 aromatic carbocycles. The fraction of sp³-hybridized carbons (Fsp3) is 0.429. The van der Waals surface area contributed by atoms with Gasteiger partial charge in [-0.2, -0.15) is 57.1 Å². The maximum absolute atomic E-state index is 13.5. The summed E-state index contributed by atoms with van der Waals surface area (Å²) in [7, 11) is -2.70. The normalized spacial score (nSPS) is 16.3. The predicted octanol–water partition coefficient (Wildman–Crippen LogP) is 6.05. The Morgan fingerprint density at radius 1 is 0.621 bits per heavy atom. The molecule has 1 atom stereocenters. The van der Waals surface area contributed by atoms with Crippen molar-refractivity contribution in [2.75, 3.05) is 0 Å². The van der Waals surface area contributed by atoms with Crippen molar-refractivity contribution >= 4 is 10.8 Å². The Morgan fingerprint density at radius 3 is 1.45 bits per heavy atom. The number of rotatable bonds is 7. The molecule has 0 radical (unpaired) electrons. The lowest BCUT2D eigenvalue weighted by Crippen LogP contribution is -2.69. The van der Waals surface area contributed by atoms with E-state index in [0.29, 0.717) is 0 Å². The standard InChI is InChI=1S/C14H7F13OS/c15-9(16,6-7-29(28)8-4-2-1-3-5-8)10(17,18)11(19,20)12(21,22)13(23,24)14(25,26)27/h1-7H/b7-6+. The van der Waals surface area contributed by atoms with Gasteiger partial charge in [-0.1, -0.05) is 18.2 Å². The zero-order valence-electron chi connectivity index (χ0n) is 13.3. The molecule has 0 aliphatic heterocycles. The molecule has 0 heterocycles. The van der Waals surface area contributed by atoms with Crippen LogP contribution in [-0.4, -0.2) is 40.0 Å². The van der Waals surface area contributed by atoms with E-state index in [0.717, 1.165) is 12.1 Å². The summed E-state index contributed by atoms with van der Waals surface area (Å²) in [4.78, 5) is -0.330. The second-order valence-corrected chi connectivity index (χ2v) is 6.67. The fourth-order valence-corrected chi connectivity index (χ4v) is 2.54. The molecule has 0 bridgehead atoms. The molecule has 0 amide bonds. The van der Waals surface area contributed by atoms with E-state index in [1.165, 1.54) is 18.2 Å². The summed E-state index contributed by atoms with van der Waals surface area (Å²) in [5.74, 6) is -37.4. The van der Waals surface area contributed by atoms with Crippen molar-refractivity contribution in [3.63, 3.8) is 0 Å². The smallest absolute Gasteiger partial charge is 0.250 e. The molecular formula is C14H7F13OS. The molecule has 1 unspecified atom stereocenters. The Hall–Kier alpha value is -1.80. The minimum atomic E-state index is -7.96. The number of allylic oxidation sites excluding steroid dienone is 1. The van der Waals surface area contributed by atoms with Crippen LogP contribution in [0.3, 0.4) is 0 Å². The van der Waals surface area contributed by atoms with Crippen molar-refractivity contribution in [3.05, 3.63) is 41.8 Å². The SMILES string of the molecule is O=S(/C=C/C(F)(F)C(F)(F)C(F)(F)C(F)(F)C(F)(F)C(F)(F)F)c1ccccc1. The molecule has 166 valence electrons. The molecule has 0 saturated heterocycles. The lowest BCUT2D eigenvalue weighted by Gasteiger charge is -2.39. The number of hydrogen-bond donors (Lipinski definition) is 0. The van der Waals surface area contributed by atoms with Gasteiger partial charge in [-0.15, -0.1) is 0 Å². The first-order chi connectivity index (χ1) is 12.7. The highest BCUT2D eigenvalue weighted by atomic mass is 32.2. The van der Waals surface area contributed by atoms with Crippen molar-refractivity contribution < 1.29 is 61.3 Å². The van der Waals surface area contributed by atoms with Crippen LogP contribution in [0.2, 0.25) is 0 Å². The molecule has 15 heteroatoms. The van der Waals surface area contributed by atoms with Crippen molar-refractivity contribution in [3.8, 4) is 0 Å². The molecule has 0 aliphatic rings. The van der Waals surface area contributed by atoms with Gasteiger partial charge in [0.15, 0.2) is 0 Å². The molecule has 1 nitrogen and oxygen atoms in total. The third-order valence-corrected chi connectivity index (χ3v) is 4.45. The van der Waals surface area contributed by atoms with Crippen molar-refractivity contribution in [1.29, 1.82) is 0 Å². The zero-order chi connectivity index (χ0) is 23.1. The topological polar surface area (TPSA) is 17.1 Å². The first kappa shape index (κ1) is 25.2. The van der Waals surface area contributed by atoms with Gasteiger partial charge in [-0.25, -0.2) is 4.21 Å². The van der Waals surface area contributed by atoms with E-state index in [4.69, 9.17) is 0 Å². The van der Waals surface area contributed by atoms with Gasteiger partial charge in [0.05, 0.1) is 10.8 Å². The monoisotopic (exact) mass is 470 g/mol. The van der Waals surface area contributed by atoms with Gasteiger partial charge in [0.2, 0.25) is 0 Å². The first-order valence-electron chi connectivity index (χ1n) is 6.85. The van der Waals surface area contributed by atoms with E-state index >= 15 is 0 Å². The minimum Gasteiger partial charge on any atom is -0.250 e. The molecule has 0 spiro atoms. The lowest BCUT2D eigenvalue weighted by molar-refractivity contribution is -0.436. The number of benzene rings is 1. The molecular weight excluding hydrogens is 463 g/mol. The molecule has 1 rings (SSSR count). The van der Waals surface area contributed by atoms with Crippen LogP contribution in [0, 0.1) is 0 Å². The molecule has 0 N–H and O–H groups in total. The van der Waals surface area contributed by atoms with Crippen molar-refractivity contribution in [1.82, 2.24) is 0 Å². The highest BCUT2D eigenvalue weighted by Gasteiger charge is 2.90. The average Bonchev–Trinajstić information content (AvgIpc) is 2.58. The van der Waals surface area contributed by atoms with Crippen LogP contribution in [-0.2, 0) is 10.8 Å². The second kappa shape index (κ2) is 7.47. The Labute approximate surface area is 155 Å². The highest BCUT2D eigenvalue weighted by molar-refractivity contribution is 7.88. The van der Waals surface area contributed by atoms with Crippen LogP contribution in [0.25, 0.3) is 0 Å². The van der Waals surface area contributed by atoms with Gasteiger partial charge in [-0.05, 0) is 12.1 Å². The molecule has 0 aliphatic carbocycles. The van der Waals surface area contributed by atoms with Crippen LogP contribution >= 0.6 is 0 Å². The molecule has 0 aromatic heterocycles. The Morgan fingerprint density at radius 2 is 1.03 bits per heavy atom. The van der Waals surface area contributed by atoms with Gasteiger partial charge in [-0.3, -0.25) is 0 Å². The van der Waals surface area contributed by atoms with Gasteiger partial charge in [0, 0.05) is 16.4 Å². The maximum atomic E-state index is 13.5. The van der Waals surface area contributed by atoms with Gasteiger partial charge in [0.25, 0.3) is 0 Å². The van der Waals surface area contributed by atoms with Gasteiger partial charge < -0.3 is 0 Å². The molecule has 1 aromatic rings. The quantitative estimate of drug-likeness (QED) is 0.444. The third-order valence-electron chi connectivity index (χ3n) is 3.33. The van der Waals surface area contributed by atoms with E-state index in [2.05, 4.69) is 0 Å². The van der Waals surface area contributed by atoms with Crippen molar-refractivity contribution in [2.24, 2.45) is 0 Å². The van der Waals surface area contributed by atoms with Gasteiger partial charge >= 0.3 is 35.8 Å². The maximum Gasteiger partial charge on any atom is 0.460 e. The van der Waals surface area contributed by atoms with E-state index in [9.17, 15) is 61.3 Å². The number of hydrogen-bond acceptors (Lipinski definition) is 1. The Kier molecular flexibility index (Phi) is 6.50. The van der Waals surface area contributed by atoms with E-state index < -0.39 is 52.7 Å². The summed E-state index contributed by atoms with van der Waals surface area (Å²) in [5.41, 5.74) is 0. The average molecular weight is 470 g/mol. The van der Waals surface area contributed by atoms with Crippen molar-refractivity contribution in [2.45, 2.75) is 40.7 Å². The Balaban J connectivity index is 3.35. The first-order valence-corrected chi connectivity index (χ1v) is 8.06. The zero-order valence-corrected chi connectivity index (χ0v) is 14.1. The summed E-state index contributed by atoms with van der Waals surface area (Å²) >= 11 is 0. The van der Waals surface area contributed by atoms with Crippen LogP contribution in [0.4, 0.5) is 57.1 Å². The van der Waals surface area contributed by atoms with Crippen LogP contribution < -0.4 is 0 Å². The minimum absolute atomic E-state index is 0.330. The molecule has 29 heavy (non-hydrogen) atoms. The number of halogens is 13. The van der Waals surface area contributed by atoms with Crippen LogP contribution in [0.5, 0.6) is 0 Å². The molecule has 0 fully saturated rings. The van der Waals surface area contributed by atoms with E-state index in [1.807, 2.05) is 0 Å².